The molecule has 2 aromatic carbocycles. The molecule has 1 N–H and O–H groups in total. The van der Waals surface area contributed by atoms with E-state index in [9.17, 15) is 4.79 Å². The second kappa shape index (κ2) is 9.02. The van der Waals surface area contributed by atoms with Gasteiger partial charge in [0.2, 0.25) is 0 Å². The van der Waals surface area contributed by atoms with Crippen LogP contribution in [0.15, 0.2) is 48.5 Å². The summed E-state index contributed by atoms with van der Waals surface area (Å²) in [5.41, 5.74) is 0.664. The summed E-state index contributed by atoms with van der Waals surface area (Å²) in [4.78, 5) is 11.9. The zero-order valence-electron chi connectivity index (χ0n) is 12.8. The second-order valence-corrected chi connectivity index (χ2v) is 5.04. The average molecular weight is 336 g/mol. The summed E-state index contributed by atoms with van der Waals surface area (Å²) in [6.07, 6.45) is 0. The number of methoxy groups -OCH3 is 1. The summed E-state index contributed by atoms with van der Waals surface area (Å²) in [6.45, 7) is 0.890. The Morgan fingerprint density at radius 3 is 2.48 bits per heavy atom. The first-order valence-corrected chi connectivity index (χ1v) is 7.46. The van der Waals surface area contributed by atoms with Gasteiger partial charge in [-0.15, -0.1) is 0 Å². The minimum atomic E-state index is -0.266. The largest absolute Gasteiger partial charge is 0.491 e. The Morgan fingerprint density at radius 1 is 1.04 bits per heavy atom. The third kappa shape index (κ3) is 5.81. The van der Waals surface area contributed by atoms with Crippen molar-refractivity contribution < 1.29 is 19.0 Å². The molecule has 0 aliphatic carbocycles. The number of hydrogen-bond donors (Lipinski definition) is 1. The molecule has 2 rings (SSSR count). The van der Waals surface area contributed by atoms with Gasteiger partial charge in [-0.1, -0.05) is 23.7 Å². The highest BCUT2D eigenvalue weighted by Crippen LogP contribution is 2.23. The number of para-hydroxylation sites is 1. The van der Waals surface area contributed by atoms with E-state index < -0.39 is 0 Å². The first-order valence-electron chi connectivity index (χ1n) is 7.08. The molecule has 0 bridgehead atoms. The molecule has 2 aromatic rings. The molecule has 23 heavy (non-hydrogen) atoms. The molecule has 0 heterocycles. The molecule has 0 aliphatic heterocycles. The van der Waals surface area contributed by atoms with Crippen LogP contribution in [0, 0.1) is 0 Å². The van der Waals surface area contributed by atoms with Crippen LogP contribution in [0.25, 0.3) is 0 Å². The van der Waals surface area contributed by atoms with E-state index in [0.29, 0.717) is 35.4 Å². The maximum atomic E-state index is 11.9. The molecule has 6 heteroatoms. The van der Waals surface area contributed by atoms with Gasteiger partial charge in [0.05, 0.1) is 11.6 Å². The van der Waals surface area contributed by atoms with Crippen LogP contribution in [-0.2, 0) is 9.53 Å². The van der Waals surface area contributed by atoms with Crippen molar-refractivity contribution in [2.75, 3.05) is 32.2 Å². The molecule has 5 nitrogen and oxygen atoms in total. The number of nitrogens with one attached hydrogen (secondary N) is 1. The van der Waals surface area contributed by atoms with E-state index >= 15 is 0 Å². The first-order chi connectivity index (χ1) is 11.2. The summed E-state index contributed by atoms with van der Waals surface area (Å²) in [5, 5.41) is 3.21. The average Bonchev–Trinajstić information content (AvgIpc) is 2.56. The van der Waals surface area contributed by atoms with Gasteiger partial charge in [-0.25, -0.2) is 0 Å². The van der Waals surface area contributed by atoms with Crippen molar-refractivity contribution >= 4 is 23.2 Å². The predicted molar refractivity (Wildman–Crippen MR) is 89.4 cm³/mol. The highest BCUT2D eigenvalue weighted by molar-refractivity contribution is 6.32. The van der Waals surface area contributed by atoms with Gasteiger partial charge >= 0.3 is 0 Å². The van der Waals surface area contributed by atoms with Crippen LogP contribution in [0.4, 0.5) is 5.69 Å². The minimum Gasteiger partial charge on any atom is -0.491 e. The lowest BCUT2D eigenvalue weighted by Crippen LogP contribution is -2.20. The lowest BCUT2D eigenvalue weighted by atomic mass is 10.3. The van der Waals surface area contributed by atoms with Crippen molar-refractivity contribution in [3.63, 3.8) is 0 Å². The molecule has 0 fully saturated rings. The van der Waals surface area contributed by atoms with Crippen molar-refractivity contribution in [2.24, 2.45) is 0 Å². The SMILES string of the molecule is COCCOc1ccc(NC(=O)COc2ccccc2Cl)cc1. The quantitative estimate of drug-likeness (QED) is 0.751. The van der Waals surface area contributed by atoms with Crippen LogP contribution in [0.5, 0.6) is 11.5 Å². The summed E-state index contributed by atoms with van der Waals surface area (Å²) in [6, 6.07) is 14.1. The lowest BCUT2D eigenvalue weighted by molar-refractivity contribution is -0.118. The maximum Gasteiger partial charge on any atom is 0.262 e. The molecule has 1 amide bonds. The van der Waals surface area contributed by atoms with E-state index in [0.717, 1.165) is 0 Å². The molecule has 0 radical (unpaired) electrons. The number of carbonyl (C=O) groups is 1. The van der Waals surface area contributed by atoms with E-state index in [2.05, 4.69) is 5.32 Å². The van der Waals surface area contributed by atoms with Gasteiger partial charge in [0.25, 0.3) is 5.91 Å². The molecule has 0 saturated carbocycles. The van der Waals surface area contributed by atoms with Crippen molar-refractivity contribution in [2.45, 2.75) is 0 Å². The van der Waals surface area contributed by atoms with E-state index in [1.807, 2.05) is 0 Å². The van der Waals surface area contributed by atoms with Crippen LogP contribution in [-0.4, -0.2) is 32.8 Å². The smallest absolute Gasteiger partial charge is 0.262 e. The fourth-order valence-electron chi connectivity index (χ4n) is 1.78. The number of ether oxygens (including phenoxy) is 3. The van der Waals surface area contributed by atoms with Crippen molar-refractivity contribution in [3.8, 4) is 11.5 Å². The van der Waals surface area contributed by atoms with E-state index in [-0.39, 0.29) is 12.5 Å². The Hall–Kier alpha value is -2.24. The third-order valence-electron chi connectivity index (χ3n) is 2.89. The van der Waals surface area contributed by atoms with Gasteiger partial charge in [0.15, 0.2) is 6.61 Å². The molecular formula is C17H18ClNO4. The number of rotatable bonds is 8. The Bertz CT molecular complexity index is 631. The zero-order valence-corrected chi connectivity index (χ0v) is 13.5. The summed E-state index contributed by atoms with van der Waals surface area (Å²) in [7, 11) is 1.62. The van der Waals surface area contributed by atoms with Gasteiger partial charge in [-0.2, -0.15) is 0 Å². The Labute approximate surface area is 140 Å². The molecule has 122 valence electrons. The fourth-order valence-corrected chi connectivity index (χ4v) is 1.97. The van der Waals surface area contributed by atoms with Gasteiger partial charge in [-0.05, 0) is 36.4 Å². The van der Waals surface area contributed by atoms with Gasteiger partial charge < -0.3 is 19.5 Å². The molecule has 0 aliphatic rings. The van der Waals surface area contributed by atoms with Crippen molar-refractivity contribution in [1.29, 1.82) is 0 Å². The third-order valence-corrected chi connectivity index (χ3v) is 3.20. The number of halogens is 1. The molecule has 0 aromatic heterocycles. The van der Waals surface area contributed by atoms with Crippen molar-refractivity contribution in [1.82, 2.24) is 0 Å². The van der Waals surface area contributed by atoms with Crippen LogP contribution in [0.1, 0.15) is 0 Å². The van der Waals surface area contributed by atoms with Gasteiger partial charge in [0, 0.05) is 12.8 Å². The fraction of sp³-hybridized carbons (Fsp3) is 0.235. The zero-order chi connectivity index (χ0) is 16.5. The van der Waals surface area contributed by atoms with Crippen molar-refractivity contribution in [3.05, 3.63) is 53.6 Å². The monoisotopic (exact) mass is 335 g/mol. The van der Waals surface area contributed by atoms with Crippen LogP contribution in [0.2, 0.25) is 5.02 Å². The Balaban J connectivity index is 1.80. The van der Waals surface area contributed by atoms with E-state index in [1.165, 1.54) is 0 Å². The molecule has 0 saturated heterocycles. The second-order valence-electron chi connectivity index (χ2n) is 4.63. The number of anilines is 1. The highest BCUT2D eigenvalue weighted by atomic mass is 35.5. The van der Waals surface area contributed by atoms with Crippen LogP contribution < -0.4 is 14.8 Å². The van der Waals surface area contributed by atoms with Crippen LogP contribution in [0.3, 0.4) is 0 Å². The first kappa shape index (κ1) is 17.1. The summed E-state index contributed by atoms with van der Waals surface area (Å²) >= 11 is 5.96. The molecule has 0 spiro atoms. The number of hydrogen-bond acceptors (Lipinski definition) is 4. The predicted octanol–water partition coefficient (Wildman–Crippen LogP) is 3.38. The number of carbonyl (C=O) groups excluding carboxylic acids is 1. The van der Waals surface area contributed by atoms with Gasteiger partial charge in [0.1, 0.15) is 18.1 Å². The number of benzene rings is 2. The highest BCUT2D eigenvalue weighted by Gasteiger charge is 2.06. The standard InChI is InChI=1S/C17H18ClNO4/c1-21-10-11-22-14-8-6-13(7-9-14)19-17(20)12-23-16-5-3-2-4-15(16)18/h2-9H,10-12H2,1H3,(H,19,20). The molecular weight excluding hydrogens is 318 g/mol. The summed E-state index contributed by atoms with van der Waals surface area (Å²) in [5.74, 6) is 0.927. The minimum absolute atomic E-state index is 0.115. The Morgan fingerprint density at radius 2 is 1.78 bits per heavy atom. The van der Waals surface area contributed by atoms with E-state index in [1.54, 1.807) is 55.6 Å². The molecule has 0 atom stereocenters. The molecule has 0 unspecified atom stereocenters. The van der Waals surface area contributed by atoms with Gasteiger partial charge in [-0.3, -0.25) is 4.79 Å². The maximum absolute atomic E-state index is 11.9. The van der Waals surface area contributed by atoms with Crippen LogP contribution >= 0.6 is 11.6 Å². The topological polar surface area (TPSA) is 56.8 Å². The lowest BCUT2D eigenvalue weighted by Gasteiger charge is -2.09. The normalized spacial score (nSPS) is 10.2. The number of amides is 1. The van der Waals surface area contributed by atoms with E-state index in [4.69, 9.17) is 25.8 Å². The Kier molecular flexibility index (Phi) is 6.72. The summed E-state index contributed by atoms with van der Waals surface area (Å²) < 4.78 is 15.7.